The van der Waals surface area contributed by atoms with Gasteiger partial charge in [-0.3, -0.25) is 0 Å². The molecular weight excluding hydrogens is 332 g/mol. The normalized spacial score (nSPS) is 20.6. The van der Waals surface area contributed by atoms with E-state index in [-0.39, 0.29) is 6.10 Å². The van der Waals surface area contributed by atoms with E-state index < -0.39 is 6.10 Å². The summed E-state index contributed by atoms with van der Waals surface area (Å²) in [4.78, 5) is 0. The lowest BCUT2D eigenvalue weighted by Crippen LogP contribution is -2.19. The fourth-order valence-electron chi connectivity index (χ4n) is 2.71. The Bertz CT molecular complexity index is 669. The number of hydrogen-bond acceptors (Lipinski definition) is 3. The smallest absolute Gasteiger partial charge is 0.130 e. The fourth-order valence-corrected chi connectivity index (χ4v) is 3.09. The van der Waals surface area contributed by atoms with Crippen LogP contribution in [0.15, 0.2) is 40.9 Å². The van der Waals surface area contributed by atoms with Gasteiger partial charge >= 0.3 is 0 Å². The molecule has 0 spiro atoms. The van der Waals surface area contributed by atoms with Crippen LogP contribution < -0.4 is 9.47 Å². The van der Waals surface area contributed by atoms with Gasteiger partial charge < -0.3 is 14.6 Å². The predicted molar refractivity (Wildman–Crippen MR) is 84.8 cm³/mol. The van der Waals surface area contributed by atoms with Crippen LogP contribution in [0.4, 0.5) is 0 Å². The molecule has 1 aliphatic heterocycles. The molecule has 0 bridgehead atoms. The van der Waals surface area contributed by atoms with E-state index in [0.29, 0.717) is 6.42 Å². The standard InChI is InChI=1S/C17H17BrO3/c1-10-3-5-16-12(7-10)14(19)9-17(21-16)13-8-11(18)4-6-15(13)20-2/h3-8,14,17,19H,9H2,1-2H3/t14-,17?/m0/s1. The van der Waals surface area contributed by atoms with E-state index in [1.54, 1.807) is 7.11 Å². The minimum atomic E-state index is -0.526. The Kier molecular flexibility index (Phi) is 3.91. The maximum atomic E-state index is 10.4. The van der Waals surface area contributed by atoms with Crippen molar-refractivity contribution in [1.29, 1.82) is 0 Å². The molecule has 0 aromatic heterocycles. The van der Waals surface area contributed by atoms with E-state index in [4.69, 9.17) is 9.47 Å². The Balaban J connectivity index is 1.99. The van der Waals surface area contributed by atoms with Crippen molar-refractivity contribution in [3.63, 3.8) is 0 Å². The second-order valence-electron chi connectivity index (χ2n) is 5.29. The van der Waals surface area contributed by atoms with Gasteiger partial charge in [0.25, 0.3) is 0 Å². The van der Waals surface area contributed by atoms with Crippen LogP contribution in [-0.4, -0.2) is 12.2 Å². The molecule has 0 radical (unpaired) electrons. The molecule has 4 heteroatoms. The second-order valence-corrected chi connectivity index (χ2v) is 6.20. The lowest BCUT2D eigenvalue weighted by atomic mass is 9.93. The van der Waals surface area contributed by atoms with E-state index in [9.17, 15) is 5.11 Å². The van der Waals surface area contributed by atoms with Crippen molar-refractivity contribution >= 4 is 15.9 Å². The molecule has 3 rings (SSSR count). The zero-order valence-electron chi connectivity index (χ0n) is 12.0. The van der Waals surface area contributed by atoms with Gasteiger partial charge in [0.2, 0.25) is 0 Å². The Morgan fingerprint density at radius 3 is 2.76 bits per heavy atom. The van der Waals surface area contributed by atoms with Crippen LogP contribution in [0, 0.1) is 6.92 Å². The van der Waals surface area contributed by atoms with Crippen LogP contribution in [0.5, 0.6) is 11.5 Å². The molecule has 2 aromatic carbocycles. The molecule has 0 fully saturated rings. The third-order valence-electron chi connectivity index (χ3n) is 3.77. The summed E-state index contributed by atoms with van der Waals surface area (Å²) >= 11 is 3.47. The molecule has 1 unspecified atom stereocenters. The van der Waals surface area contributed by atoms with Gasteiger partial charge in [0.1, 0.15) is 17.6 Å². The van der Waals surface area contributed by atoms with Gasteiger partial charge in [-0.2, -0.15) is 0 Å². The van der Waals surface area contributed by atoms with Crippen molar-refractivity contribution in [2.75, 3.05) is 7.11 Å². The summed E-state index contributed by atoms with van der Waals surface area (Å²) in [6.07, 6.45) is -0.228. The topological polar surface area (TPSA) is 38.7 Å². The summed E-state index contributed by atoms with van der Waals surface area (Å²) in [6.45, 7) is 2.01. The summed E-state index contributed by atoms with van der Waals surface area (Å²) in [5.41, 5.74) is 2.92. The van der Waals surface area contributed by atoms with Crippen LogP contribution in [0.2, 0.25) is 0 Å². The van der Waals surface area contributed by atoms with Gasteiger partial charge in [-0.05, 0) is 37.3 Å². The lowest BCUT2D eigenvalue weighted by molar-refractivity contribution is 0.0644. The molecule has 21 heavy (non-hydrogen) atoms. The maximum absolute atomic E-state index is 10.4. The Morgan fingerprint density at radius 1 is 1.19 bits per heavy atom. The molecule has 1 heterocycles. The van der Waals surface area contributed by atoms with Gasteiger partial charge in [0.05, 0.1) is 13.2 Å². The summed E-state index contributed by atoms with van der Waals surface area (Å²) in [7, 11) is 1.64. The van der Waals surface area contributed by atoms with Crippen molar-refractivity contribution in [3.8, 4) is 11.5 Å². The number of fused-ring (bicyclic) bond motifs is 1. The molecule has 110 valence electrons. The molecule has 0 aliphatic carbocycles. The van der Waals surface area contributed by atoms with Crippen LogP contribution in [0.1, 0.15) is 35.3 Å². The van der Waals surface area contributed by atoms with E-state index in [0.717, 1.165) is 32.7 Å². The van der Waals surface area contributed by atoms with E-state index >= 15 is 0 Å². The predicted octanol–water partition coefficient (Wildman–Crippen LogP) is 4.32. The summed E-state index contributed by atoms with van der Waals surface area (Å²) in [5, 5.41) is 10.4. The van der Waals surface area contributed by atoms with Gasteiger partial charge in [-0.25, -0.2) is 0 Å². The Morgan fingerprint density at radius 2 is 2.00 bits per heavy atom. The highest BCUT2D eigenvalue weighted by Gasteiger charge is 2.30. The molecule has 3 nitrogen and oxygen atoms in total. The number of aliphatic hydroxyl groups is 1. The van der Waals surface area contributed by atoms with E-state index in [2.05, 4.69) is 15.9 Å². The largest absolute Gasteiger partial charge is 0.496 e. The first-order valence-electron chi connectivity index (χ1n) is 6.87. The van der Waals surface area contributed by atoms with Crippen molar-refractivity contribution in [1.82, 2.24) is 0 Å². The Labute approximate surface area is 132 Å². The molecule has 1 aliphatic rings. The van der Waals surface area contributed by atoms with E-state index in [1.807, 2.05) is 43.3 Å². The quantitative estimate of drug-likeness (QED) is 0.877. The van der Waals surface area contributed by atoms with Crippen molar-refractivity contribution in [2.24, 2.45) is 0 Å². The SMILES string of the molecule is COc1ccc(Br)cc1C1C[C@H](O)c2cc(C)ccc2O1. The van der Waals surface area contributed by atoms with Crippen molar-refractivity contribution in [3.05, 3.63) is 57.6 Å². The first-order valence-corrected chi connectivity index (χ1v) is 7.66. The van der Waals surface area contributed by atoms with Crippen LogP contribution >= 0.6 is 15.9 Å². The van der Waals surface area contributed by atoms with Crippen LogP contribution in [0.25, 0.3) is 0 Å². The zero-order chi connectivity index (χ0) is 15.0. The van der Waals surface area contributed by atoms with Crippen molar-refractivity contribution < 1.29 is 14.6 Å². The summed E-state index contributed by atoms with van der Waals surface area (Å²) in [6, 6.07) is 11.7. The molecule has 0 saturated carbocycles. The second kappa shape index (κ2) is 5.70. The number of halogens is 1. The maximum Gasteiger partial charge on any atom is 0.130 e. The molecule has 0 amide bonds. The fraction of sp³-hybridized carbons (Fsp3) is 0.294. The third kappa shape index (κ3) is 2.78. The lowest BCUT2D eigenvalue weighted by Gasteiger charge is -2.31. The highest BCUT2D eigenvalue weighted by molar-refractivity contribution is 9.10. The number of rotatable bonds is 2. The van der Waals surface area contributed by atoms with Gasteiger partial charge in [0, 0.05) is 22.0 Å². The highest BCUT2D eigenvalue weighted by atomic mass is 79.9. The van der Waals surface area contributed by atoms with Gasteiger partial charge in [-0.15, -0.1) is 0 Å². The monoisotopic (exact) mass is 348 g/mol. The highest BCUT2D eigenvalue weighted by Crippen LogP contribution is 2.43. The van der Waals surface area contributed by atoms with Crippen molar-refractivity contribution in [2.45, 2.75) is 25.6 Å². The van der Waals surface area contributed by atoms with E-state index in [1.165, 1.54) is 0 Å². The average molecular weight is 349 g/mol. The summed E-state index contributed by atoms with van der Waals surface area (Å²) < 4.78 is 12.5. The summed E-state index contributed by atoms with van der Waals surface area (Å²) in [5.74, 6) is 1.51. The zero-order valence-corrected chi connectivity index (χ0v) is 13.6. The van der Waals surface area contributed by atoms with Gasteiger partial charge in [0.15, 0.2) is 0 Å². The number of benzene rings is 2. The third-order valence-corrected chi connectivity index (χ3v) is 4.26. The number of ether oxygens (including phenoxy) is 2. The first-order chi connectivity index (χ1) is 10.1. The number of hydrogen-bond donors (Lipinski definition) is 1. The minimum absolute atomic E-state index is 0.220. The minimum Gasteiger partial charge on any atom is -0.496 e. The first kappa shape index (κ1) is 14.4. The number of aliphatic hydroxyl groups excluding tert-OH is 1. The molecule has 2 atom stereocenters. The van der Waals surface area contributed by atoms with Crippen LogP contribution in [-0.2, 0) is 0 Å². The molecular formula is C17H17BrO3. The molecule has 1 N–H and O–H groups in total. The molecule has 2 aromatic rings. The number of methoxy groups -OCH3 is 1. The average Bonchev–Trinajstić information content (AvgIpc) is 2.47. The Hall–Kier alpha value is -1.52. The van der Waals surface area contributed by atoms with Crippen LogP contribution in [0.3, 0.4) is 0 Å². The van der Waals surface area contributed by atoms with Gasteiger partial charge in [-0.1, -0.05) is 27.6 Å². The number of aryl methyl sites for hydroxylation is 1. The molecule has 0 saturated heterocycles.